The highest BCUT2D eigenvalue weighted by Gasteiger charge is 2.37. The van der Waals surface area contributed by atoms with Gasteiger partial charge in [-0.3, -0.25) is 0 Å². The van der Waals surface area contributed by atoms with Gasteiger partial charge < -0.3 is 16.4 Å². The molecule has 142 valence electrons. The van der Waals surface area contributed by atoms with Crippen molar-refractivity contribution in [1.29, 1.82) is 0 Å². The molecule has 0 aliphatic carbocycles. The summed E-state index contributed by atoms with van der Waals surface area (Å²) >= 11 is 0. The van der Waals surface area contributed by atoms with Crippen LogP contribution in [0, 0.1) is 6.92 Å². The van der Waals surface area contributed by atoms with Crippen LogP contribution in [0.2, 0.25) is 0 Å². The normalized spacial score (nSPS) is 20.2. The molecule has 2 aromatic rings. The third kappa shape index (κ3) is 3.41. The monoisotopic (exact) mass is 407 g/mol. The van der Waals surface area contributed by atoms with E-state index in [1.807, 2.05) is 18.2 Å². The van der Waals surface area contributed by atoms with Gasteiger partial charge in [0.05, 0.1) is 5.69 Å². The highest BCUT2D eigenvalue weighted by molar-refractivity contribution is 5.85. The number of alkyl halides is 3. The summed E-state index contributed by atoms with van der Waals surface area (Å²) in [5.41, 5.74) is 7.56. The lowest BCUT2D eigenvalue weighted by molar-refractivity contribution is -0.137. The molecule has 2 atom stereocenters. The van der Waals surface area contributed by atoms with E-state index in [1.54, 1.807) is 0 Å². The van der Waals surface area contributed by atoms with Crippen LogP contribution >= 0.6 is 24.8 Å². The smallest absolute Gasteiger partial charge is 0.383 e. The fourth-order valence-corrected chi connectivity index (χ4v) is 3.64. The van der Waals surface area contributed by atoms with E-state index in [-0.39, 0.29) is 36.5 Å². The molecule has 0 spiro atoms. The van der Waals surface area contributed by atoms with Crippen LogP contribution in [0.1, 0.15) is 47.3 Å². The summed E-state index contributed by atoms with van der Waals surface area (Å²) in [7, 11) is 0. The van der Waals surface area contributed by atoms with Crippen molar-refractivity contribution in [3.05, 3.63) is 40.6 Å². The number of nitrogen functional groups attached to an aromatic ring is 1. The second kappa shape index (κ2) is 7.09. The summed E-state index contributed by atoms with van der Waals surface area (Å²) in [6.07, 6.45) is -2.32. The van der Waals surface area contributed by atoms with E-state index in [1.165, 1.54) is 18.1 Å². The van der Waals surface area contributed by atoms with E-state index in [0.717, 1.165) is 18.5 Å². The number of nitrogens with two attached hydrogens (primary N) is 1. The van der Waals surface area contributed by atoms with E-state index >= 15 is 0 Å². The summed E-state index contributed by atoms with van der Waals surface area (Å²) in [6.45, 7) is 1.28. The molecule has 0 amide bonds. The molecule has 0 radical (unpaired) electrons. The zero-order valence-electron chi connectivity index (χ0n) is 13.7. The summed E-state index contributed by atoms with van der Waals surface area (Å²) in [6, 6.07) is 6.69. The Labute approximate surface area is 160 Å². The minimum absolute atomic E-state index is 0. The zero-order chi connectivity index (χ0) is 17.1. The number of nitrogens with zero attached hydrogens (tertiary/aromatic N) is 2. The Morgan fingerprint density at radius 1 is 1.12 bits per heavy atom. The summed E-state index contributed by atoms with van der Waals surface area (Å²) in [5.74, 6) is -0.506. The first-order chi connectivity index (χ1) is 11.3. The highest BCUT2D eigenvalue weighted by atomic mass is 35.5. The van der Waals surface area contributed by atoms with Crippen molar-refractivity contribution < 1.29 is 13.2 Å². The average molecular weight is 408 g/mol. The first-order valence-electron chi connectivity index (χ1n) is 7.71. The molecule has 10 heteroatoms. The van der Waals surface area contributed by atoms with Gasteiger partial charge in [0.15, 0.2) is 0 Å². The van der Waals surface area contributed by atoms with E-state index in [4.69, 9.17) is 5.73 Å². The topological polar surface area (TPSA) is 75.9 Å². The van der Waals surface area contributed by atoms with Gasteiger partial charge in [0.2, 0.25) is 5.95 Å². The van der Waals surface area contributed by atoms with Gasteiger partial charge in [-0.05, 0) is 43.0 Å². The number of aryl methyl sites for hydroxylation is 1. The maximum Gasteiger partial charge on any atom is 0.421 e. The van der Waals surface area contributed by atoms with E-state index in [2.05, 4.69) is 20.6 Å². The lowest BCUT2D eigenvalue weighted by atomic mass is 9.91. The minimum Gasteiger partial charge on any atom is -0.383 e. The summed E-state index contributed by atoms with van der Waals surface area (Å²) in [4.78, 5) is 7.66. The third-order valence-corrected chi connectivity index (χ3v) is 4.64. The first-order valence-corrected chi connectivity index (χ1v) is 7.71. The Bertz CT molecular complexity index is 805. The van der Waals surface area contributed by atoms with Crippen LogP contribution in [0.5, 0.6) is 0 Å². The van der Waals surface area contributed by atoms with Crippen molar-refractivity contribution in [2.75, 3.05) is 11.1 Å². The molecule has 26 heavy (non-hydrogen) atoms. The highest BCUT2D eigenvalue weighted by Crippen LogP contribution is 2.45. The number of hydrogen-bond acceptors (Lipinski definition) is 5. The van der Waals surface area contributed by atoms with Crippen molar-refractivity contribution >= 4 is 42.3 Å². The van der Waals surface area contributed by atoms with E-state index in [9.17, 15) is 13.2 Å². The van der Waals surface area contributed by atoms with Crippen molar-refractivity contribution in [3.63, 3.8) is 0 Å². The Kier molecular flexibility index (Phi) is 5.60. The maximum absolute atomic E-state index is 12.9. The molecule has 1 fully saturated rings. The number of hydrogen-bond donors (Lipinski definition) is 3. The number of nitrogens with one attached hydrogen (secondary N) is 2. The zero-order valence-corrected chi connectivity index (χ0v) is 15.4. The molecule has 2 bridgehead atoms. The number of anilines is 3. The lowest BCUT2D eigenvalue weighted by Gasteiger charge is -2.16. The van der Waals surface area contributed by atoms with Gasteiger partial charge in [-0.25, -0.2) is 4.98 Å². The van der Waals surface area contributed by atoms with Gasteiger partial charge in [0.25, 0.3) is 0 Å². The Morgan fingerprint density at radius 3 is 2.38 bits per heavy atom. The predicted octanol–water partition coefficient (Wildman–Crippen LogP) is 4.45. The van der Waals surface area contributed by atoms with Crippen LogP contribution in [0.4, 0.5) is 30.6 Å². The average Bonchev–Trinajstić information content (AvgIpc) is 3.06. The van der Waals surface area contributed by atoms with Gasteiger partial charge in [0, 0.05) is 17.8 Å². The number of halogens is 5. The molecule has 4 N–H and O–H groups in total. The standard InChI is InChI=1S/C16H16F3N5.2ClH/c1-7-13(16(17,18)19)14(20)24-15(21-7)22-8-2-3-9-10(6-8)12-5-4-11(9)23-12;;/h2-3,6,11-12,23H,4-5H2,1H3,(H3,20,21,22,24);2*1H. The first kappa shape index (κ1) is 20.5. The van der Waals surface area contributed by atoms with Crippen molar-refractivity contribution in [2.45, 2.75) is 38.0 Å². The van der Waals surface area contributed by atoms with Crippen molar-refractivity contribution in [3.8, 4) is 0 Å². The van der Waals surface area contributed by atoms with Crippen LogP contribution in [-0.2, 0) is 6.18 Å². The van der Waals surface area contributed by atoms with Gasteiger partial charge >= 0.3 is 6.18 Å². The second-order valence-electron chi connectivity index (χ2n) is 6.21. The Morgan fingerprint density at radius 2 is 1.77 bits per heavy atom. The molecule has 1 aromatic carbocycles. The molecule has 2 aliphatic rings. The molecule has 3 heterocycles. The van der Waals surface area contributed by atoms with Gasteiger partial charge in [-0.1, -0.05) is 6.07 Å². The van der Waals surface area contributed by atoms with Crippen LogP contribution in [0.25, 0.3) is 0 Å². The second-order valence-corrected chi connectivity index (χ2v) is 6.21. The fourth-order valence-electron chi connectivity index (χ4n) is 3.64. The number of benzene rings is 1. The van der Waals surface area contributed by atoms with Gasteiger partial charge in [-0.15, -0.1) is 24.8 Å². The van der Waals surface area contributed by atoms with Crippen molar-refractivity contribution in [2.24, 2.45) is 0 Å². The van der Waals surface area contributed by atoms with Crippen LogP contribution in [-0.4, -0.2) is 9.97 Å². The lowest BCUT2D eigenvalue weighted by Crippen LogP contribution is -2.15. The number of rotatable bonds is 2. The number of aromatic nitrogens is 2. The SMILES string of the molecule is Cc1nc(Nc2ccc3c(c2)C2CCC3N2)nc(N)c1C(F)(F)F.Cl.Cl. The molecule has 0 saturated carbocycles. The van der Waals surface area contributed by atoms with Crippen molar-refractivity contribution in [1.82, 2.24) is 15.3 Å². The molecule has 1 aromatic heterocycles. The van der Waals surface area contributed by atoms with Gasteiger partial charge in [-0.2, -0.15) is 18.2 Å². The van der Waals surface area contributed by atoms with E-state index in [0.29, 0.717) is 12.1 Å². The minimum atomic E-state index is -4.56. The molecule has 1 saturated heterocycles. The van der Waals surface area contributed by atoms with Crippen LogP contribution < -0.4 is 16.4 Å². The van der Waals surface area contributed by atoms with Gasteiger partial charge in [0.1, 0.15) is 11.4 Å². The summed E-state index contributed by atoms with van der Waals surface area (Å²) in [5, 5.41) is 6.48. The Hall–Kier alpha value is -1.77. The molecular formula is C16H18Cl2F3N5. The predicted molar refractivity (Wildman–Crippen MR) is 98.3 cm³/mol. The van der Waals surface area contributed by atoms with Crippen LogP contribution in [0.15, 0.2) is 18.2 Å². The largest absolute Gasteiger partial charge is 0.421 e. The number of fused-ring (bicyclic) bond motifs is 5. The maximum atomic E-state index is 12.9. The molecule has 2 aliphatic heterocycles. The molecule has 4 rings (SSSR count). The fraction of sp³-hybridized carbons (Fsp3) is 0.375. The molecule has 5 nitrogen and oxygen atoms in total. The summed E-state index contributed by atoms with van der Waals surface area (Å²) < 4.78 is 38.8. The quantitative estimate of drug-likeness (QED) is 0.685. The van der Waals surface area contributed by atoms with Crippen LogP contribution in [0.3, 0.4) is 0 Å². The Balaban J connectivity index is 0.00000121. The third-order valence-electron chi connectivity index (χ3n) is 4.64. The molecule has 2 unspecified atom stereocenters. The molecular weight excluding hydrogens is 390 g/mol. The van der Waals surface area contributed by atoms with E-state index < -0.39 is 17.6 Å².